The van der Waals surface area contributed by atoms with Crippen LogP contribution < -0.4 is 0 Å². The van der Waals surface area contributed by atoms with Crippen LogP contribution in [0.3, 0.4) is 0 Å². The predicted octanol–water partition coefficient (Wildman–Crippen LogP) is 6.19. The average Bonchev–Trinajstić information content (AvgIpc) is 3.28. The Balaban J connectivity index is 1.70. The molecule has 0 aliphatic carbocycles. The van der Waals surface area contributed by atoms with Crippen molar-refractivity contribution in [3.05, 3.63) is 82.0 Å². The minimum Gasteiger partial charge on any atom is -0.304 e. The van der Waals surface area contributed by atoms with Gasteiger partial charge in [-0.3, -0.25) is 0 Å². The maximum atomic E-state index is 4.73. The summed E-state index contributed by atoms with van der Waals surface area (Å²) in [5.74, 6) is 0.740. The van der Waals surface area contributed by atoms with E-state index < -0.39 is 0 Å². The SMILES string of the molecule is CC(C)(C)c1ccc(Cn2c(/N=C/c3cccs3)nc3ccccc32)cc1. The van der Waals surface area contributed by atoms with Crippen LogP contribution in [0.4, 0.5) is 5.95 Å². The fourth-order valence-corrected chi connectivity index (χ4v) is 3.68. The van der Waals surface area contributed by atoms with Crippen LogP contribution in [0, 0.1) is 0 Å². The standard InChI is InChI=1S/C23H23N3S/c1-23(2,3)18-12-10-17(11-13-18)16-26-21-9-5-4-8-20(21)25-22(26)24-15-19-7-6-14-27-19/h4-15H,16H2,1-3H3/b24-15+. The second-order valence-electron chi connectivity index (χ2n) is 7.71. The van der Waals surface area contributed by atoms with Crippen LogP contribution in [0.25, 0.3) is 11.0 Å². The van der Waals surface area contributed by atoms with Crippen molar-refractivity contribution >= 4 is 34.5 Å². The number of nitrogens with zero attached hydrogens (tertiary/aromatic N) is 3. The molecular weight excluding hydrogens is 350 g/mol. The van der Waals surface area contributed by atoms with Crippen molar-refractivity contribution in [3.63, 3.8) is 0 Å². The molecule has 4 aromatic rings. The van der Waals surface area contributed by atoms with E-state index in [0.29, 0.717) is 0 Å². The smallest absolute Gasteiger partial charge is 0.230 e. The fourth-order valence-electron chi connectivity index (χ4n) is 3.10. The van der Waals surface area contributed by atoms with Crippen LogP contribution in [0.15, 0.2) is 71.0 Å². The fraction of sp³-hybridized carbons (Fsp3) is 0.217. The molecule has 4 heteroatoms. The maximum Gasteiger partial charge on any atom is 0.230 e. The lowest BCUT2D eigenvalue weighted by Gasteiger charge is -2.19. The lowest BCUT2D eigenvalue weighted by atomic mass is 9.87. The zero-order valence-corrected chi connectivity index (χ0v) is 16.7. The first-order valence-corrected chi connectivity index (χ1v) is 10.0. The van der Waals surface area contributed by atoms with Gasteiger partial charge < -0.3 is 4.57 Å². The number of benzene rings is 2. The summed E-state index contributed by atoms with van der Waals surface area (Å²) in [6.07, 6.45) is 1.89. The van der Waals surface area contributed by atoms with Crippen molar-refractivity contribution in [1.82, 2.24) is 9.55 Å². The molecule has 0 spiro atoms. The predicted molar refractivity (Wildman–Crippen MR) is 116 cm³/mol. The summed E-state index contributed by atoms with van der Waals surface area (Å²) >= 11 is 1.68. The highest BCUT2D eigenvalue weighted by molar-refractivity contribution is 7.11. The number of thiophene rings is 1. The molecular formula is C23H23N3S. The lowest BCUT2D eigenvalue weighted by Crippen LogP contribution is -2.11. The van der Waals surface area contributed by atoms with Crippen LogP contribution in [0.2, 0.25) is 0 Å². The number of para-hydroxylation sites is 2. The molecule has 3 nitrogen and oxygen atoms in total. The minimum atomic E-state index is 0.163. The van der Waals surface area contributed by atoms with Gasteiger partial charge in [-0.25, -0.2) is 9.98 Å². The third-order valence-corrected chi connectivity index (χ3v) is 5.45. The van der Waals surface area contributed by atoms with E-state index in [0.717, 1.165) is 28.4 Å². The van der Waals surface area contributed by atoms with Crippen LogP contribution >= 0.6 is 11.3 Å². The first kappa shape index (κ1) is 17.7. The normalized spacial score (nSPS) is 12.3. The molecule has 0 amide bonds. The summed E-state index contributed by atoms with van der Waals surface area (Å²) in [6.45, 7) is 7.47. The van der Waals surface area contributed by atoms with Crippen LogP contribution in [0.1, 0.15) is 36.8 Å². The zero-order valence-electron chi connectivity index (χ0n) is 15.9. The number of imidazole rings is 1. The number of hydrogen-bond acceptors (Lipinski definition) is 3. The highest BCUT2D eigenvalue weighted by atomic mass is 32.1. The molecule has 2 heterocycles. The van der Waals surface area contributed by atoms with Gasteiger partial charge in [0.1, 0.15) is 0 Å². The van der Waals surface area contributed by atoms with E-state index in [4.69, 9.17) is 4.98 Å². The Kier molecular flexibility index (Phi) is 4.66. The zero-order chi connectivity index (χ0) is 18.9. The van der Waals surface area contributed by atoms with E-state index in [-0.39, 0.29) is 5.41 Å². The molecule has 0 aliphatic heterocycles. The van der Waals surface area contributed by atoms with Gasteiger partial charge in [0.25, 0.3) is 0 Å². The summed E-state index contributed by atoms with van der Waals surface area (Å²) in [5.41, 5.74) is 4.84. The van der Waals surface area contributed by atoms with Gasteiger partial charge in [-0.2, -0.15) is 0 Å². The quantitative estimate of drug-likeness (QED) is 0.392. The van der Waals surface area contributed by atoms with Crippen molar-refractivity contribution in [3.8, 4) is 0 Å². The number of hydrogen-bond donors (Lipinski definition) is 0. The molecule has 0 saturated heterocycles. The van der Waals surface area contributed by atoms with E-state index in [9.17, 15) is 0 Å². The Morgan fingerprint density at radius 2 is 1.78 bits per heavy atom. The van der Waals surface area contributed by atoms with E-state index in [1.54, 1.807) is 11.3 Å². The molecule has 136 valence electrons. The first-order chi connectivity index (χ1) is 13.0. The van der Waals surface area contributed by atoms with Crippen molar-refractivity contribution < 1.29 is 0 Å². The molecule has 4 rings (SSSR count). The van der Waals surface area contributed by atoms with E-state index >= 15 is 0 Å². The van der Waals surface area contributed by atoms with Gasteiger partial charge >= 0.3 is 0 Å². The van der Waals surface area contributed by atoms with Crippen molar-refractivity contribution in [2.75, 3.05) is 0 Å². The Morgan fingerprint density at radius 3 is 2.48 bits per heavy atom. The molecule has 27 heavy (non-hydrogen) atoms. The van der Waals surface area contributed by atoms with Gasteiger partial charge in [0, 0.05) is 11.1 Å². The largest absolute Gasteiger partial charge is 0.304 e. The maximum absolute atomic E-state index is 4.73. The van der Waals surface area contributed by atoms with Gasteiger partial charge in [0.05, 0.1) is 17.6 Å². The Bertz CT molecular complexity index is 1070. The second kappa shape index (κ2) is 7.12. The topological polar surface area (TPSA) is 30.2 Å². The number of rotatable bonds is 4. The van der Waals surface area contributed by atoms with Crippen molar-refractivity contribution in [2.45, 2.75) is 32.7 Å². The average molecular weight is 374 g/mol. The molecule has 0 atom stereocenters. The highest BCUT2D eigenvalue weighted by Crippen LogP contribution is 2.25. The molecule has 2 aromatic heterocycles. The summed E-state index contributed by atoms with van der Waals surface area (Å²) in [5, 5.41) is 2.06. The Morgan fingerprint density at radius 1 is 1.00 bits per heavy atom. The molecule has 0 radical (unpaired) electrons. The lowest BCUT2D eigenvalue weighted by molar-refractivity contribution is 0.590. The minimum absolute atomic E-state index is 0.163. The molecule has 0 unspecified atom stereocenters. The van der Waals surface area contributed by atoms with E-state index in [1.165, 1.54) is 11.1 Å². The molecule has 0 fully saturated rings. The van der Waals surface area contributed by atoms with Gasteiger partial charge in [0.15, 0.2) is 0 Å². The molecule has 0 N–H and O–H groups in total. The van der Waals surface area contributed by atoms with E-state index in [2.05, 4.69) is 78.2 Å². The van der Waals surface area contributed by atoms with Gasteiger partial charge in [0.2, 0.25) is 5.95 Å². The van der Waals surface area contributed by atoms with Gasteiger partial charge in [-0.15, -0.1) is 11.3 Å². The molecule has 2 aromatic carbocycles. The Labute approximate surface area is 164 Å². The summed E-state index contributed by atoms with van der Waals surface area (Å²) in [6, 6.07) is 21.2. The summed E-state index contributed by atoms with van der Waals surface area (Å²) in [4.78, 5) is 10.5. The number of aromatic nitrogens is 2. The number of fused-ring (bicyclic) bond motifs is 1. The molecule has 0 saturated carbocycles. The van der Waals surface area contributed by atoms with Crippen molar-refractivity contribution in [2.24, 2.45) is 4.99 Å². The first-order valence-electron chi connectivity index (χ1n) is 9.13. The van der Waals surface area contributed by atoms with Crippen LogP contribution in [-0.2, 0) is 12.0 Å². The summed E-state index contributed by atoms with van der Waals surface area (Å²) in [7, 11) is 0. The second-order valence-corrected chi connectivity index (χ2v) is 8.69. The van der Waals surface area contributed by atoms with Gasteiger partial charge in [-0.05, 0) is 40.1 Å². The van der Waals surface area contributed by atoms with Crippen molar-refractivity contribution in [1.29, 1.82) is 0 Å². The highest BCUT2D eigenvalue weighted by Gasteiger charge is 2.14. The third-order valence-electron chi connectivity index (χ3n) is 4.65. The molecule has 0 bridgehead atoms. The molecule has 0 aliphatic rings. The monoisotopic (exact) mass is 373 g/mol. The third kappa shape index (κ3) is 3.86. The Hall–Kier alpha value is -2.72. The summed E-state index contributed by atoms with van der Waals surface area (Å²) < 4.78 is 2.19. The van der Waals surface area contributed by atoms with Crippen LogP contribution in [-0.4, -0.2) is 15.8 Å². The van der Waals surface area contributed by atoms with E-state index in [1.807, 2.05) is 24.4 Å². The van der Waals surface area contributed by atoms with Gasteiger partial charge in [-0.1, -0.05) is 63.2 Å². The van der Waals surface area contributed by atoms with Crippen LogP contribution in [0.5, 0.6) is 0 Å². The number of aliphatic imine (C=N–C) groups is 1.